The Morgan fingerprint density at radius 3 is 2.74 bits per heavy atom. The quantitative estimate of drug-likeness (QED) is 0.502. The van der Waals surface area contributed by atoms with Crippen molar-refractivity contribution < 1.29 is 14.3 Å². The summed E-state index contributed by atoms with van der Waals surface area (Å²) in [7, 11) is 2.87. The first-order chi connectivity index (χ1) is 15.1. The van der Waals surface area contributed by atoms with Crippen LogP contribution in [-0.2, 0) is 4.74 Å². The van der Waals surface area contributed by atoms with Crippen LogP contribution in [0.3, 0.4) is 0 Å². The van der Waals surface area contributed by atoms with Crippen molar-refractivity contribution in [2.24, 2.45) is 0 Å². The van der Waals surface area contributed by atoms with E-state index in [0.29, 0.717) is 28.4 Å². The molecular weight excluding hydrogens is 394 g/mol. The molecule has 0 radical (unpaired) electrons. The van der Waals surface area contributed by atoms with Crippen molar-refractivity contribution in [3.8, 4) is 17.0 Å². The van der Waals surface area contributed by atoms with Crippen LogP contribution in [0.2, 0.25) is 0 Å². The number of hydrogen-bond donors (Lipinski definition) is 1. The maximum Gasteiger partial charge on any atom is 0.341 e. The van der Waals surface area contributed by atoms with Gasteiger partial charge in [0.05, 0.1) is 37.0 Å². The van der Waals surface area contributed by atoms with E-state index in [-0.39, 0.29) is 0 Å². The smallest absolute Gasteiger partial charge is 0.341 e. The minimum atomic E-state index is -0.467. The summed E-state index contributed by atoms with van der Waals surface area (Å²) in [6.07, 6.45) is 4.02. The minimum absolute atomic E-state index is 0.333. The number of H-pyrrole nitrogens is 1. The molecule has 1 atom stereocenters. The second kappa shape index (κ2) is 7.54. The molecule has 1 fully saturated rings. The zero-order chi connectivity index (χ0) is 21.5. The fourth-order valence-corrected chi connectivity index (χ4v) is 4.24. The van der Waals surface area contributed by atoms with Gasteiger partial charge < -0.3 is 14.4 Å². The second-order valence-corrected chi connectivity index (χ2v) is 7.79. The van der Waals surface area contributed by atoms with Gasteiger partial charge in [0.25, 0.3) is 0 Å². The molecule has 8 heteroatoms. The van der Waals surface area contributed by atoms with Gasteiger partial charge in [0.1, 0.15) is 17.0 Å². The van der Waals surface area contributed by atoms with Gasteiger partial charge in [0.2, 0.25) is 0 Å². The summed E-state index contributed by atoms with van der Waals surface area (Å²) in [4.78, 5) is 24.5. The lowest BCUT2D eigenvalue weighted by Crippen LogP contribution is -2.28. The van der Waals surface area contributed by atoms with Gasteiger partial charge >= 0.3 is 5.97 Å². The number of anilines is 1. The topological polar surface area (TPSA) is 93.2 Å². The summed E-state index contributed by atoms with van der Waals surface area (Å²) in [5, 5.41) is 8.12. The van der Waals surface area contributed by atoms with Crippen LogP contribution >= 0.6 is 0 Å². The molecule has 1 aliphatic heterocycles. The highest BCUT2D eigenvalue weighted by atomic mass is 16.5. The number of benzene rings is 2. The molecule has 0 saturated carbocycles. The predicted octanol–water partition coefficient (Wildman–Crippen LogP) is 3.96. The first kappa shape index (κ1) is 19.3. The summed E-state index contributed by atoms with van der Waals surface area (Å²) in [6.45, 7) is 3.12. The Kier molecular flexibility index (Phi) is 4.69. The summed E-state index contributed by atoms with van der Waals surface area (Å²) in [6, 6.07) is 9.90. The third-order valence-corrected chi connectivity index (χ3v) is 5.91. The largest absolute Gasteiger partial charge is 0.496 e. The number of esters is 1. The standard InChI is InChI=1S/C23H23N5O3/c1-13-5-4-8-28(13)22-21(14-6-7-17-15(9-14)12-24-27-17)25-19-11-20(30-2)16(23(29)31-3)10-18(19)26-22/h6-7,9-13H,4-5,8H2,1-3H3,(H,24,27). The summed E-state index contributed by atoms with van der Waals surface area (Å²) in [5.74, 6) is 0.764. The Bertz CT molecular complexity index is 1300. The number of fused-ring (bicyclic) bond motifs is 2. The van der Waals surface area contributed by atoms with E-state index >= 15 is 0 Å². The molecule has 0 spiro atoms. The van der Waals surface area contributed by atoms with Gasteiger partial charge in [0.15, 0.2) is 5.82 Å². The molecule has 1 N–H and O–H groups in total. The molecule has 1 aliphatic rings. The molecular formula is C23H23N5O3. The van der Waals surface area contributed by atoms with Gasteiger partial charge in [-0.05, 0) is 38.0 Å². The predicted molar refractivity (Wildman–Crippen MR) is 119 cm³/mol. The molecule has 0 bridgehead atoms. The molecule has 158 valence electrons. The summed E-state index contributed by atoms with van der Waals surface area (Å²) in [5.41, 5.74) is 4.36. The number of hydrogen-bond acceptors (Lipinski definition) is 7. The van der Waals surface area contributed by atoms with E-state index < -0.39 is 5.97 Å². The molecule has 2 aromatic carbocycles. The Balaban J connectivity index is 1.76. The van der Waals surface area contributed by atoms with Gasteiger partial charge in [-0.1, -0.05) is 6.07 Å². The van der Waals surface area contributed by atoms with Crippen LogP contribution in [0.4, 0.5) is 5.82 Å². The Morgan fingerprint density at radius 1 is 1.16 bits per heavy atom. The van der Waals surface area contributed by atoms with Crippen LogP contribution in [0.15, 0.2) is 36.5 Å². The van der Waals surface area contributed by atoms with Gasteiger partial charge in [0, 0.05) is 29.6 Å². The van der Waals surface area contributed by atoms with Gasteiger partial charge in [-0.15, -0.1) is 0 Å². The monoisotopic (exact) mass is 417 g/mol. The van der Waals surface area contributed by atoms with Crippen LogP contribution in [0.1, 0.15) is 30.1 Å². The van der Waals surface area contributed by atoms with Gasteiger partial charge in [-0.2, -0.15) is 5.10 Å². The number of rotatable bonds is 4. The fourth-order valence-electron chi connectivity index (χ4n) is 4.24. The van der Waals surface area contributed by atoms with Crippen LogP contribution in [0.25, 0.3) is 33.2 Å². The SMILES string of the molecule is COC(=O)c1cc2nc(N3CCCC3C)c(-c3ccc4[nH]ncc4c3)nc2cc1OC. The van der Waals surface area contributed by atoms with E-state index in [1.165, 1.54) is 14.2 Å². The summed E-state index contributed by atoms with van der Waals surface area (Å²) < 4.78 is 10.3. The molecule has 3 heterocycles. The van der Waals surface area contributed by atoms with E-state index in [1.54, 1.807) is 18.3 Å². The van der Waals surface area contributed by atoms with Crippen LogP contribution in [0.5, 0.6) is 5.75 Å². The van der Waals surface area contributed by atoms with Gasteiger partial charge in [-0.3, -0.25) is 5.10 Å². The highest BCUT2D eigenvalue weighted by molar-refractivity contribution is 5.98. The molecule has 2 aromatic heterocycles. The number of ether oxygens (including phenoxy) is 2. The number of methoxy groups -OCH3 is 2. The molecule has 0 amide bonds. The average Bonchev–Trinajstić information content (AvgIpc) is 3.44. The molecule has 1 saturated heterocycles. The lowest BCUT2D eigenvalue weighted by molar-refractivity contribution is 0.0597. The third kappa shape index (κ3) is 3.24. The van der Waals surface area contributed by atoms with E-state index in [2.05, 4.69) is 28.1 Å². The minimum Gasteiger partial charge on any atom is -0.496 e. The Hall–Kier alpha value is -3.68. The Morgan fingerprint density at radius 2 is 2.00 bits per heavy atom. The number of aromatic amines is 1. The number of carbonyl (C=O) groups excluding carboxylic acids is 1. The lowest BCUT2D eigenvalue weighted by atomic mass is 10.1. The van der Waals surface area contributed by atoms with Crippen molar-refractivity contribution in [1.82, 2.24) is 20.2 Å². The second-order valence-electron chi connectivity index (χ2n) is 7.79. The van der Waals surface area contributed by atoms with Crippen molar-refractivity contribution >= 4 is 33.7 Å². The molecule has 8 nitrogen and oxygen atoms in total. The highest BCUT2D eigenvalue weighted by Crippen LogP contribution is 2.36. The van der Waals surface area contributed by atoms with E-state index in [0.717, 1.165) is 47.4 Å². The normalized spacial score (nSPS) is 16.2. The van der Waals surface area contributed by atoms with Crippen molar-refractivity contribution in [2.75, 3.05) is 25.7 Å². The molecule has 31 heavy (non-hydrogen) atoms. The van der Waals surface area contributed by atoms with Crippen LogP contribution < -0.4 is 9.64 Å². The zero-order valence-electron chi connectivity index (χ0n) is 17.7. The van der Waals surface area contributed by atoms with Crippen LogP contribution in [-0.4, -0.2) is 52.9 Å². The van der Waals surface area contributed by atoms with Crippen molar-refractivity contribution in [3.05, 3.63) is 42.1 Å². The van der Waals surface area contributed by atoms with Crippen molar-refractivity contribution in [1.29, 1.82) is 0 Å². The zero-order valence-corrected chi connectivity index (χ0v) is 17.7. The third-order valence-electron chi connectivity index (χ3n) is 5.91. The highest BCUT2D eigenvalue weighted by Gasteiger charge is 2.27. The van der Waals surface area contributed by atoms with Crippen molar-refractivity contribution in [2.45, 2.75) is 25.8 Å². The lowest BCUT2D eigenvalue weighted by Gasteiger charge is -2.25. The van der Waals surface area contributed by atoms with Gasteiger partial charge in [-0.25, -0.2) is 14.8 Å². The molecule has 1 unspecified atom stereocenters. The maximum absolute atomic E-state index is 12.2. The Labute approximate surface area is 179 Å². The van der Waals surface area contributed by atoms with Crippen LogP contribution in [0, 0.1) is 0 Å². The number of nitrogens with one attached hydrogen (secondary N) is 1. The van der Waals surface area contributed by atoms with E-state index in [9.17, 15) is 4.79 Å². The average molecular weight is 417 g/mol. The maximum atomic E-state index is 12.2. The molecule has 0 aliphatic carbocycles. The van der Waals surface area contributed by atoms with E-state index in [1.807, 2.05) is 12.1 Å². The fraction of sp³-hybridized carbons (Fsp3) is 0.304. The molecule has 4 aromatic rings. The first-order valence-electron chi connectivity index (χ1n) is 10.3. The number of carbonyl (C=O) groups is 1. The number of nitrogens with zero attached hydrogens (tertiary/aromatic N) is 4. The summed E-state index contributed by atoms with van der Waals surface area (Å²) >= 11 is 0. The first-order valence-corrected chi connectivity index (χ1v) is 10.3. The molecule has 5 rings (SSSR count). The van der Waals surface area contributed by atoms with Crippen molar-refractivity contribution in [3.63, 3.8) is 0 Å². The van der Waals surface area contributed by atoms with E-state index in [4.69, 9.17) is 19.4 Å². The number of aromatic nitrogens is 4.